The lowest BCUT2D eigenvalue weighted by molar-refractivity contribution is 0.343. The molecule has 0 bridgehead atoms. The summed E-state index contributed by atoms with van der Waals surface area (Å²) in [6.45, 7) is 3.06. The molecule has 0 spiro atoms. The molecule has 0 radical (unpaired) electrons. The van der Waals surface area contributed by atoms with Gasteiger partial charge in [0, 0.05) is 6.54 Å². The van der Waals surface area contributed by atoms with E-state index in [0.717, 1.165) is 12.5 Å². The number of hydrogen-bond acceptors (Lipinski definition) is 1. The molecule has 0 aliphatic heterocycles. The van der Waals surface area contributed by atoms with Crippen molar-refractivity contribution >= 4 is 6.21 Å². The zero-order valence-electron chi connectivity index (χ0n) is 7.55. The topological polar surface area (TPSA) is 12.4 Å². The standard InChI is InChI=1S/C10H19N/c1-2-11-9-8-10-6-4-3-5-7-10/h2,10H,3-9H2,1H3/b11-2+. The molecule has 1 nitrogen and oxygen atoms in total. The second-order valence-electron chi connectivity index (χ2n) is 3.46. The molecule has 1 saturated carbocycles. The predicted molar refractivity (Wildman–Crippen MR) is 50.2 cm³/mol. The van der Waals surface area contributed by atoms with Gasteiger partial charge in [0.25, 0.3) is 0 Å². The molecular formula is C10H19N. The Labute approximate surface area is 69.9 Å². The van der Waals surface area contributed by atoms with E-state index in [-0.39, 0.29) is 0 Å². The first kappa shape index (κ1) is 8.76. The average Bonchev–Trinajstić information content (AvgIpc) is 2.07. The van der Waals surface area contributed by atoms with Crippen LogP contribution < -0.4 is 0 Å². The van der Waals surface area contributed by atoms with Crippen LogP contribution in [0.3, 0.4) is 0 Å². The Bertz CT molecular complexity index is 112. The van der Waals surface area contributed by atoms with Crippen LogP contribution in [0.25, 0.3) is 0 Å². The van der Waals surface area contributed by atoms with E-state index in [0.29, 0.717) is 0 Å². The van der Waals surface area contributed by atoms with Crippen LogP contribution in [0, 0.1) is 5.92 Å². The van der Waals surface area contributed by atoms with Crippen LogP contribution in [-0.2, 0) is 0 Å². The lowest BCUT2D eigenvalue weighted by atomic mass is 9.87. The number of rotatable bonds is 3. The van der Waals surface area contributed by atoms with Crippen molar-refractivity contribution < 1.29 is 0 Å². The third-order valence-electron chi connectivity index (χ3n) is 2.57. The van der Waals surface area contributed by atoms with E-state index in [1.807, 2.05) is 13.1 Å². The lowest BCUT2D eigenvalue weighted by Gasteiger charge is -2.20. The summed E-state index contributed by atoms with van der Waals surface area (Å²) in [6, 6.07) is 0. The van der Waals surface area contributed by atoms with Crippen molar-refractivity contribution in [3.8, 4) is 0 Å². The second kappa shape index (κ2) is 5.34. The number of nitrogens with zero attached hydrogens (tertiary/aromatic N) is 1. The number of hydrogen-bond donors (Lipinski definition) is 0. The monoisotopic (exact) mass is 153 g/mol. The van der Waals surface area contributed by atoms with Crippen LogP contribution in [-0.4, -0.2) is 12.8 Å². The van der Waals surface area contributed by atoms with E-state index >= 15 is 0 Å². The van der Waals surface area contributed by atoms with E-state index in [1.165, 1.54) is 38.5 Å². The molecule has 1 aliphatic carbocycles. The Kier molecular flexibility index (Phi) is 4.25. The summed E-state index contributed by atoms with van der Waals surface area (Å²) >= 11 is 0. The molecule has 11 heavy (non-hydrogen) atoms. The van der Waals surface area contributed by atoms with E-state index in [2.05, 4.69) is 4.99 Å². The first-order valence-electron chi connectivity index (χ1n) is 4.88. The van der Waals surface area contributed by atoms with E-state index < -0.39 is 0 Å². The summed E-state index contributed by atoms with van der Waals surface area (Å²) in [6.07, 6.45) is 10.5. The highest BCUT2D eigenvalue weighted by atomic mass is 14.7. The minimum atomic E-state index is 0.993. The molecule has 1 aliphatic rings. The van der Waals surface area contributed by atoms with Gasteiger partial charge in [-0.2, -0.15) is 0 Å². The quantitative estimate of drug-likeness (QED) is 0.553. The fourth-order valence-electron chi connectivity index (χ4n) is 1.86. The van der Waals surface area contributed by atoms with E-state index in [1.54, 1.807) is 0 Å². The SMILES string of the molecule is C/C=N/CCC1CCCCC1. The molecular weight excluding hydrogens is 134 g/mol. The molecule has 0 heterocycles. The van der Waals surface area contributed by atoms with Crippen molar-refractivity contribution in [2.24, 2.45) is 10.9 Å². The predicted octanol–water partition coefficient (Wildman–Crippen LogP) is 3.05. The molecule has 0 N–H and O–H groups in total. The third kappa shape index (κ3) is 3.54. The summed E-state index contributed by atoms with van der Waals surface area (Å²) < 4.78 is 0. The van der Waals surface area contributed by atoms with Gasteiger partial charge in [-0.25, -0.2) is 0 Å². The maximum Gasteiger partial charge on any atom is 0.0387 e. The van der Waals surface area contributed by atoms with Gasteiger partial charge in [0.05, 0.1) is 0 Å². The fraction of sp³-hybridized carbons (Fsp3) is 0.900. The van der Waals surface area contributed by atoms with Crippen molar-refractivity contribution in [1.82, 2.24) is 0 Å². The van der Waals surface area contributed by atoms with Crippen molar-refractivity contribution in [2.75, 3.05) is 6.54 Å². The van der Waals surface area contributed by atoms with Crippen molar-refractivity contribution in [2.45, 2.75) is 45.4 Å². The molecule has 1 rings (SSSR count). The van der Waals surface area contributed by atoms with Gasteiger partial charge in [0.1, 0.15) is 0 Å². The van der Waals surface area contributed by atoms with Crippen molar-refractivity contribution in [3.63, 3.8) is 0 Å². The molecule has 0 amide bonds. The zero-order valence-corrected chi connectivity index (χ0v) is 7.55. The van der Waals surface area contributed by atoms with Crippen LogP contribution in [0.15, 0.2) is 4.99 Å². The van der Waals surface area contributed by atoms with Crippen molar-refractivity contribution in [1.29, 1.82) is 0 Å². The van der Waals surface area contributed by atoms with Crippen LogP contribution in [0.1, 0.15) is 45.4 Å². The number of aliphatic imine (C=N–C) groups is 1. The highest BCUT2D eigenvalue weighted by Crippen LogP contribution is 2.25. The van der Waals surface area contributed by atoms with E-state index in [9.17, 15) is 0 Å². The molecule has 64 valence electrons. The van der Waals surface area contributed by atoms with Crippen molar-refractivity contribution in [3.05, 3.63) is 0 Å². The van der Waals surface area contributed by atoms with Gasteiger partial charge >= 0.3 is 0 Å². The van der Waals surface area contributed by atoms with Gasteiger partial charge in [-0.15, -0.1) is 0 Å². The Morgan fingerprint density at radius 2 is 2.00 bits per heavy atom. The summed E-state index contributed by atoms with van der Waals surface area (Å²) in [5.74, 6) is 0.993. The molecule has 0 aromatic rings. The van der Waals surface area contributed by atoms with Crippen LogP contribution in [0.2, 0.25) is 0 Å². The third-order valence-corrected chi connectivity index (χ3v) is 2.57. The summed E-state index contributed by atoms with van der Waals surface area (Å²) in [5, 5.41) is 0. The minimum absolute atomic E-state index is 0.993. The van der Waals surface area contributed by atoms with Gasteiger partial charge in [-0.05, 0) is 25.5 Å². The van der Waals surface area contributed by atoms with Gasteiger partial charge in [0.15, 0.2) is 0 Å². The molecule has 0 atom stereocenters. The Morgan fingerprint density at radius 3 is 2.64 bits per heavy atom. The first-order chi connectivity index (χ1) is 5.43. The van der Waals surface area contributed by atoms with Crippen LogP contribution in [0.5, 0.6) is 0 Å². The van der Waals surface area contributed by atoms with Crippen LogP contribution in [0.4, 0.5) is 0 Å². The smallest absolute Gasteiger partial charge is 0.0387 e. The second-order valence-corrected chi connectivity index (χ2v) is 3.46. The zero-order chi connectivity index (χ0) is 7.94. The molecule has 0 aromatic heterocycles. The highest BCUT2D eigenvalue weighted by Gasteiger charge is 2.11. The van der Waals surface area contributed by atoms with Crippen LogP contribution >= 0.6 is 0 Å². The Hall–Kier alpha value is -0.330. The average molecular weight is 153 g/mol. The maximum atomic E-state index is 4.24. The maximum absolute atomic E-state index is 4.24. The molecule has 0 aromatic carbocycles. The fourth-order valence-corrected chi connectivity index (χ4v) is 1.86. The Balaban J connectivity index is 2.04. The van der Waals surface area contributed by atoms with E-state index in [4.69, 9.17) is 0 Å². The highest BCUT2D eigenvalue weighted by molar-refractivity contribution is 5.53. The lowest BCUT2D eigenvalue weighted by Crippen LogP contribution is -2.07. The molecule has 0 saturated heterocycles. The largest absolute Gasteiger partial charge is 0.298 e. The molecule has 1 heteroatoms. The Morgan fingerprint density at radius 1 is 1.27 bits per heavy atom. The first-order valence-corrected chi connectivity index (χ1v) is 4.88. The summed E-state index contributed by atoms with van der Waals surface area (Å²) in [5.41, 5.74) is 0. The van der Waals surface area contributed by atoms with Gasteiger partial charge < -0.3 is 0 Å². The normalized spacial score (nSPS) is 21.2. The van der Waals surface area contributed by atoms with Gasteiger partial charge in [-0.3, -0.25) is 4.99 Å². The summed E-state index contributed by atoms with van der Waals surface area (Å²) in [4.78, 5) is 4.24. The molecule has 0 unspecified atom stereocenters. The minimum Gasteiger partial charge on any atom is -0.298 e. The van der Waals surface area contributed by atoms with Gasteiger partial charge in [0.2, 0.25) is 0 Å². The summed E-state index contributed by atoms with van der Waals surface area (Å²) in [7, 11) is 0. The van der Waals surface area contributed by atoms with Gasteiger partial charge in [-0.1, -0.05) is 32.1 Å². The molecule has 1 fully saturated rings.